The maximum Gasteiger partial charge on any atom is 0.325 e. The number of hydrogen-bond acceptors (Lipinski definition) is 3. The van der Waals surface area contributed by atoms with Gasteiger partial charge in [-0.3, -0.25) is 9.59 Å². The summed E-state index contributed by atoms with van der Waals surface area (Å²) >= 11 is 3.27. The number of rotatable bonds is 5. The normalized spacial score (nSPS) is 11.6. The molecule has 2 N–H and O–H groups in total. The molecule has 1 aromatic rings. The van der Waals surface area contributed by atoms with Crippen LogP contribution in [0.5, 0.6) is 5.75 Å². The highest BCUT2D eigenvalue weighted by atomic mass is 79.9. The first kappa shape index (κ1) is 13.5. The fraction of sp³-hybridized carbons (Fsp3) is 0.273. The SMILES string of the molecule is C[C@@H](NC(=O)COc1ccc(Br)cc1)C(=O)O. The lowest BCUT2D eigenvalue weighted by Crippen LogP contribution is -2.40. The third-order valence-electron chi connectivity index (χ3n) is 1.93. The van der Waals surface area contributed by atoms with Gasteiger partial charge in [-0.25, -0.2) is 0 Å². The predicted molar refractivity (Wildman–Crippen MR) is 64.9 cm³/mol. The second kappa shape index (κ2) is 6.24. The Morgan fingerprint density at radius 1 is 1.41 bits per heavy atom. The number of carboxylic acids is 1. The average molecular weight is 302 g/mol. The third kappa shape index (κ3) is 4.86. The molecule has 0 saturated heterocycles. The Labute approximate surface area is 107 Å². The highest BCUT2D eigenvalue weighted by molar-refractivity contribution is 9.10. The van der Waals surface area contributed by atoms with Crippen molar-refractivity contribution in [1.82, 2.24) is 5.32 Å². The van der Waals surface area contributed by atoms with Crippen molar-refractivity contribution in [3.63, 3.8) is 0 Å². The highest BCUT2D eigenvalue weighted by Crippen LogP contribution is 2.15. The van der Waals surface area contributed by atoms with E-state index in [0.29, 0.717) is 5.75 Å². The number of ether oxygens (including phenoxy) is 1. The van der Waals surface area contributed by atoms with Gasteiger partial charge in [-0.05, 0) is 31.2 Å². The van der Waals surface area contributed by atoms with E-state index in [9.17, 15) is 9.59 Å². The first-order valence-electron chi connectivity index (χ1n) is 4.89. The Morgan fingerprint density at radius 3 is 2.53 bits per heavy atom. The number of amides is 1. The molecule has 0 fully saturated rings. The summed E-state index contributed by atoms with van der Waals surface area (Å²) < 4.78 is 6.09. The van der Waals surface area contributed by atoms with Crippen LogP contribution in [0.15, 0.2) is 28.7 Å². The van der Waals surface area contributed by atoms with E-state index >= 15 is 0 Å². The summed E-state index contributed by atoms with van der Waals surface area (Å²) in [5.41, 5.74) is 0. The Kier molecular flexibility index (Phi) is 4.96. The van der Waals surface area contributed by atoms with Crippen molar-refractivity contribution < 1.29 is 19.4 Å². The fourth-order valence-corrected chi connectivity index (χ4v) is 1.29. The number of carbonyl (C=O) groups excluding carboxylic acids is 1. The minimum absolute atomic E-state index is 0.209. The average Bonchev–Trinajstić information content (AvgIpc) is 2.28. The summed E-state index contributed by atoms with van der Waals surface area (Å²) in [7, 11) is 0. The first-order valence-corrected chi connectivity index (χ1v) is 5.69. The number of carbonyl (C=O) groups is 2. The molecule has 0 radical (unpaired) electrons. The zero-order chi connectivity index (χ0) is 12.8. The zero-order valence-corrected chi connectivity index (χ0v) is 10.7. The van der Waals surface area contributed by atoms with Gasteiger partial charge in [0.2, 0.25) is 0 Å². The lowest BCUT2D eigenvalue weighted by molar-refractivity contribution is -0.141. The van der Waals surface area contributed by atoms with Crippen molar-refractivity contribution in [2.24, 2.45) is 0 Å². The molecule has 1 aromatic carbocycles. The molecule has 92 valence electrons. The molecule has 1 amide bonds. The van der Waals surface area contributed by atoms with Crippen LogP contribution >= 0.6 is 15.9 Å². The van der Waals surface area contributed by atoms with E-state index in [2.05, 4.69) is 21.2 Å². The van der Waals surface area contributed by atoms with E-state index in [-0.39, 0.29) is 6.61 Å². The van der Waals surface area contributed by atoms with Gasteiger partial charge in [0, 0.05) is 4.47 Å². The van der Waals surface area contributed by atoms with Crippen LogP contribution in [0.2, 0.25) is 0 Å². The van der Waals surface area contributed by atoms with Crippen molar-refractivity contribution in [3.05, 3.63) is 28.7 Å². The highest BCUT2D eigenvalue weighted by Gasteiger charge is 2.13. The van der Waals surface area contributed by atoms with Crippen molar-refractivity contribution >= 4 is 27.8 Å². The summed E-state index contributed by atoms with van der Waals surface area (Å²) in [6, 6.07) is 6.06. The van der Waals surface area contributed by atoms with E-state index in [1.54, 1.807) is 24.3 Å². The number of halogens is 1. The van der Waals surface area contributed by atoms with Gasteiger partial charge in [-0.1, -0.05) is 15.9 Å². The summed E-state index contributed by atoms with van der Waals surface area (Å²) in [4.78, 5) is 21.8. The molecule has 0 bridgehead atoms. The van der Waals surface area contributed by atoms with Crippen LogP contribution in [0, 0.1) is 0 Å². The minimum atomic E-state index is -1.08. The Bertz CT molecular complexity index is 404. The molecular weight excluding hydrogens is 290 g/mol. The van der Waals surface area contributed by atoms with Crippen LogP contribution in [-0.4, -0.2) is 29.6 Å². The van der Waals surface area contributed by atoms with Gasteiger partial charge < -0.3 is 15.2 Å². The van der Waals surface area contributed by atoms with Crippen molar-refractivity contribution in [3.8, 4) is 5.75 Å². The number of carboxylic acid groups (broad SMARTS) is 1. The van der Waals surface area contributed by atoms with Gasteiger partial charge >= 0.3 is 5.97 Å². The van der Waals surface area contributed by atoms with E-state index in [1.807, 2.05) is 0 Å². The number of nitrogens with one attached hydrogen (secondary N) is 1. The molecule has 0 aliphatic carbocycles. The van der Waals surface area contributed by atoms with Crippen LogP contribution in [0.4, 0.5) is 0 Å². The van der Waals surface area contributed by atoms with Crippen LogP contribution in [-0.2, 0) is 9.59 Å². The van der Waals surface area contributed by atoms with Gasteiger partial charge in [0.25, 0.3) is 5.91 Å². The molecule has 0 saturated carbocycles. The zero-order valence-electron chi connectivity index (χ0n) is 9.14. The van der Waals surface area contributed by atoms with Crippen LogP contribution in [0.25, 0.3) is 0 Å². The number of benzene rings is 1. The van der Waals surface area contributed by atoms with Crippen LogP contribution in [0.3, 0.4) is 0 Å². The Morgan fingerprint density at radius 2 is 2.00 bits per heavy atom. The maximum absolute atomic E-state index is 11.3. The molecule has 1 atom stereocenters. The molecule has 0 heterocycles. The summed E-state index contributed by atoms with van der Waals surface area (Å²) in [5.74, 6) is -1.00. The number of hydrogen-bond donors (Lipinski definition) is 2. The topological polar surface area (TPSA) is 75.6 Å². The van der Waals surface area contributed by atoms with Gasteiger partial charge in [0.05, 0.1) is 0 Å². The second-order valence-electron chi connectivity index (χ2n) is 3.37. The lowest BCUT2D eigenvalue weighted by Gasteiger charge is -2.10. The van der Waals surface area contributed by atoms with Gasteiger partial charge in [0.15, 0.2) is 6.61 Å². The van der Waals surface area contributed by atoms with Crippen molar-refractivity contribution in [1.29, 1.82) is 0 Å². The van der Waals surface area contributed by atoms with Gasteiger partial charge in [0.1, 0.15) is 11.8 Å². The molecular formula is C11H12BrNO4. The molecule has 5 nitrogen and oxygen atoms in total. The standard InChI is InChI=1S/C11H12BrNO4/c1-7(11(15)16)13-10(14)6-17-9-4-2-8(12)3-5-9/h2-5,7H,6H2,1H3,(H,13,14)(H,15,16)/t7-/m1/s1. The Hall–Kier alpha value is -1.56. The predicted octanol–water partition coefficient (Wildman–Crippen LogP) is 1.42. The largest absolute Gasteiger partial charge is 0.484 e. The molecule has 0 spiro atoms. The molecule has 1 rings (SSSR count). The summed E-state index contributed by atoms with van der Waals surface area (Å²) in [6.07, 6.45) is 0. The van der Waals surface area contributed by atoms with E-state index in [0.717, 1.165) is 4.47 Å². The van der Waals surface area contributed by atoms with E-state index in [4.69, 9.17) is 9.84 Å². The monoisotopic (exact) mass is 301 g/mol. The molecule has 0 aliphatic rings. The van der Waals surface area contributed by atoms with Crippen LogP contribution < -0.4 is 10.1 Å². The lowest BCUT2D eigenvalue weighted by atomic mass is 10.3. The third-order valence-corrected chi connectivity index (χ3v) is 2.46. The van der Waals surface area contributed by atoms with Crippen LogP contribution in [0.1, 0.15) is 6.92 Å². The van der Waals surface area contributed by atoms with Crippen molar-refractivity contribution in [2.45, 2.75) is 13.0 Å². The summed E-state index contributed by atoms with van der Waals surface area (Å²) in [6.45, 7) is 1.18. The first-order chi connectivity index (χ1) is 7.99. The minimum Gasteiger partial charge on any atom is -0.484 e. The molecule has 6 heteroatoms. The molecule has 17 heavy (non-hydrogen) atoms. The quantitative estimate of drug-likeness (QED) is 0.862. The van der Waals surface area contributed by atoms with E-state index < -0.39 is 17.9 Å². The Balaban J connectivity index is 2.38. The maximum atomic E-state index is 11.3. The number of aliphatic carboxylic acids is 1. The molecule has 0 aliphatic heterocycles. The smallest absolute Gasteiger partial charge is 0.325 e. The van der Waals surface area contributed by atoms with Gasteiger partial charge in [-0.2, -0.15) is 0 Å². The van der Waals surface area contributed by atoms with Gasteiger partial charge in [-0.15, -0.1) is 0 Å². The molecule has 0 aromatic heterocycles. The fourth-order valence-electron chi connectivity index (χ4n) is 1.02. The molecule has 0 unspecified atom stereocenters. The summed E-state index contributed by atoms with van der Waals surface area (Å²) in [5, 5.41) is 10.9. The van der Waals surface area contributed by atoms with Crippen molar-refractivity contribution in [2.75, 3.05) is 6.61 Å². The van der Waals surface area contributed by atoms with E-state index in [1.165, 1.54) is 6.92 Å². The second-order valence-corrected chi connectivity index (χ2v) is 4.29.